The van der Waals surface area contributed by atoms with E-state index < -0.39 is 24.6 Å². The molecular formula is C4H13N3O9. The van der Waals surface area contributed by atoms with Crippen molar-refractivity contribution in [2.24, 2.45) is 0 Å². The van der Waals surface area contributed by atoms with Crippen LogP contribution in [0.2, 0.25) is 0 Å². The van der Waals surface area contributed by atoms with E-state index in [9.17, 15) is 0 Å². The van der Waals surface area contributed by atoms with E-state index in [0.717, 1.165) is 0 Å². The molecule has 12 nitrogen and oxygen atoms in total. The quantitative estimate of drug-likeness (QED) is 0.197. The van der Waals surface area contributed by atoms with Crippen molar-refractivity contribution in [3.63, 3.8) is 0 Å². The standard InChI is InChI=1S/C4H13N3O9/c8-2(9,10)5-1(6-3(11,12)13)7-4(14,15)16/h1,5-16H. The van der Waals surface area contributed by atoms with E-state index in [2.05, 4.69) is 0 Å². The summed E-state index contributed by atoms with van der Waals surface area (Å²) in [5.74, 6) is 0. The van der Waals surface area contributed by atoms with Crippen molar-refractivity contribution in [3.8, 4) is 0 Å². The van der Waals surface area contributed by atoms with E-state index in [-0.39, 0.29) is 0 Å². The lowest BCUT2D eigenvalue weighted by Crippen LogP contribution is -2.70. The molecule has 0 radical (unpaired) electrons. The van der Waals surface area contributed by atoms with Crippen molar-refractivity contribution >= 4 is 0 Å². The fourth-order valence-electron chi connectivity index (χ4n) is 0.689. The predicted molar refractivity (Wildman–Crippen MR) is 41.4 cm³/mol. The fourth-order valence-corrected chi connectivity index (χ4v) is 0.689. The van der Waals surface area contributed by atoms with Crippen molar-refractivity contribution < 1.29 is 46.0 Å². The summed E-state index contributed by atoms with van der Waals surface area (Å²) in [5.41, 5.74) is 0. The van der Waals surface area contributed by atoms with Crippen molar-refractivity contribution in [1.29, 1.82) is 0 Å². The molecule has 0 aliphatic heterocycles. The van der Waals surface area contributed by atoms with Gasteiger partial charge in [0.05, 0.1) is 0 Å². The van der Waals surface area contributed by atoms with Gasteiger partial charge >= 0.3 is 18.3 Å². The number of hydrogen-bond acceptors (Lipinski definition) is 12. The van der Waals surface area contributed by atoms with Crippen LogP contribution in [0.5, 0.6) is 0 Å². The number of hydrogen-bond donors (Lipinski definition) is 12. The molecule has 0 unspecified atom stereocenters. The van der Waals surface area contributed by atoms with Crippen molar-refractivity contribution in [2.75, 3.05) is 0 Å². The molecule has 0 spiro atoms. The average Bonchev–Trinajstić information content (AvgIpc) is 1.70. The smallest absolute Gasteiger partial charge is 0.330 e. The third-order valence-corrected chi connectivity index (χ3v) is 1.01. The van der Waals surface area contributed by atoms with E-state index >= 15 is 0 Å². The maximum absolute atomic E-state index is 8.41. The van der Waals surface area contributed by atoms with Crippen LogP contribution in [-0.4, -0.2) is 70.5 Å². The van der Waals surface area contributed by atoms with Crippen molar-refractivity contribution in [2.45, 2.75) is 24.6 Å². The number of aliphatic hydroxyl groups is 9. The molecule has 0 atom stereocenters. The molecule has 0 aliphatic rings. The van der Waals surface area contributed by atoms with Gasteiger partial charge in [0.2, 0.25) is 0 Å². The zero-order valence-electron chi connectivity index (χ0n) is 7.60. The maximum Gasteiger partial charge on any atom is 0.345 e. The lowest BCUT2D eigenvalue weighted by molar-refractivity contribution is -0.379. The molecule has 0 bridgehead atoms. The Morgan fingerprint density at radius 3 is 0.812 bits per heavy atom. The Balaban J connectivity index is 4.53. The van der Waals surface area contributed by atoms with Crippen molar-refractivity contribution in [3.05, 3.63) is 0 Å². The van der Waals surface area contributed by atoms with Gasteiger partial charge in [-0.25, -0.2) is 16.0 Å². The van der Waals surface area contributed by atoms with Crippen LogP contribution in [0.1, 0.15) is 0 Å². The Hall–Kier alpha value is -0.480. The second-order valence-corrected chi connectivity index (χ2v) is 2.77. The van der Waals surface area contributed by atoms with Gasteiger partial charge in [0.15, 0.2) is 0 Å². The Labute approximate surface area is 87.6 Å². The highest BCUT2D eigenvalue weighted by atomic mass is 16.7. The first-order valence-electron chi connectivity index (χ1n) is 3.63. The van der Waals surface area contributed by atoms with Gasteiger partial charge in [0, 0.05) is 0 Å². The predicted octanol–water partition coefficient (Wildman–Crippen LogP) is -7.20. The Morgan fingerprint density at radius 2 is 0.688 bits per heavy atom. The maximum atomic E-state index is 8.41. The molecular weight excluding hydrogens is 234 g/mol. The van der Waals surface area contributed by atoms with Crippen molar-refractivity contribution in [1.82, 2.24) is 16.0 Å². The minimum absolute atomic E-state index is 1.25. The zero-order chi connectivity index (χ0) is 13.2. The van der Waals surface area contributed by atoms with Crippen LogP contribution in [0.15, 0.2) is 0 Å². The van der Waals surface area contributed by atoms with Gasteiger partial charge in [0.25, 0.3) is 0 Å². The van der Waals surface area contributed by atoms with Crippen LogP contribution in [-0.2, 0) is 0 Å². The highest BCUT2D eigenvalue weighted by Crippen LogP contribution is 1.95. The van der Waals surface area contributed by atoms with Gasteiger partial charge < -0.3 is 46.0 Å². The first-order valence-corrected chi connectivity index (χ1v) is 3.63. The highest BCUT2D eigenvalue weighted by molar-refractivity contribution is 4.65. The average molecular weight is 247 g/mol. The molecule has 0 rings (SSSR count). The molecule has 98 valence electrons. The highest BCUT2D eigenvalue weighted by Gasteiger charge is 2.34. The summed E-state index contributed by atoms with van der Waals surface area (Å²) in [4.78, 5) is 0. The molecule has 0 heterocycles. The van der Waals surface area contributed by atoms with Gasteiger partial charge in [-0.05, 0) is 0 Å². The van der Waals surface area contributed by atoms with Crippen LogP contribution in [0.25, 0.3) is 0 Å². The summed E-state index contributed by atoms with van der Waals surface area (Å²) in [6, 6.07) is 0. The van der Waals surface area contributed by atoms with Crippen LogP contribution in [0.3, 0.4) is 0 Å². The van der Waals surface area contributed by atoms with Crippen LogP contribution < -0.4 is 16.0 Å². The van der Waals surface area contributed by atoms with Crippen LogP contribution in [0.4, 0.5) is 0 Å². The minimum atomic E-state index is -3.58. The van der Waals surface area contributed by atoms with E-state index in [0.29, 0.717) is 0 Å². The third-order valence-electron chi connectivity index (χ3n) is 1.01. The zero-order valence-corrected chi connectivity index (χ0v) is 7.60. The summed E-state index contributed by atoms with van der Waals surface area (Å²) in [5, 5.41) is 79.5. The van der Waals surface area contributed by atoms with Gasteiger partial charge in [-0.1, -0.05) is 0 Å². The minimum Gasteiger partial charge on any atom is -0.330 e. The third kappa shape index (κ3) is 10.1. The Bertz CT molecular complexity index is 176. The molecule has 0 aromatic carbocycles. The first-order chi connectivity index (χ1) is 6.79. The van der Waals surface area contributed by atoms with E-state index in [1.807, 2.05) is 0 Å². The molecule has 0 aromatic heterocycles. The molecule has 0 amide bonds. The monoisotopic (exact) mass is 247 g/mol. The molecule has 12 heteroatoms. The lowest BCUT2D eigenvalue weighted by Gasteiger charge is -2.31. The summed E-state index contributed by atoms with van der Waals surface area (Å²) >= 11 is 0. The normalized spacial score (nSPS) is 14.6. The number of nitrogens with one attached hydrogen (secondary N) is 3. The Kier molecular flexibility index (Phi) is 4.65. The Morgan fingerprint density at radius 1 is 0.500 bits per heavy atom. The molecule has 0 saturated carbocycles. The molecule has 0 saturated heterocycles. The van der Waals surface area contributed by atoms with Gasteiger partial charge in [-0.2, -0.15) is 0 Å². The van der Waals surface area contributed by atoms with Gasteiger partial charge in [0.1, 0.15) is 6.29 Å². The molecule has 0 aliphatic carbocycles. The summed E-state index contributed by atoms with van der Waals surface area (Å²) < 4.78 is 0. The summed E-state index contributed by atoms with van der Waals surface area (Å²) in [6.07, 6.45) is -12.9. The summed E-state index contributed by atoms with van der Waals surface area (Å²) in [6.45, 7) is 0. The van der Waals surface area contributed by atoms with Gasteiger partial charge in [-0.3, -0.25) is 0 Å². The fraction of sp³-hybridized carbons (Fsp3) is 1.00. The van der Waals surface area contributed by atoms with E-state index in [1.54, 1.807) is 0 Å². The first kappa shape index (κ1) is 15.5. The molecule has 12 N–H and O–H groups in total. The molecule has 16 heavy (non-hydrogen) atoms. The topological polar surface area (TPSA) is 218 Å². The van der Waals surface area contributed by atoms with Crippen LogP contribution in [0, 0.1) is 0 Å². The van der Waals surface area contributed by atoms with Crippen LogP contribution >= 0.6 is 0 Å². The molecule has 0 fully saturated rings. The van der Waals surface area contributed by atoms with E-state index in [4.69, 9.17) is 46.0 Å². The SMILES string of the molecule is OC(O)(O)NC(NC(O)(O)O)NC(O)(O)O. The van der Waals surface area contributed by atoms with E-state index in [1.165, 1.54) is 16.0 Å². The largest absolute Gasteiger partial charge is 0.345 e. The molecule has 0 aromatic rings. The van der Waals surface area contributed by atoms with Gasteiger partial charge in [-0.15, -0.1) is 0 Å². The lowest BCUT2D eigenvalue weighted by atomic mass is 10.6. The second kappa shape index (κ2) is 4.80. The summed E-state index contributed by atoms with van der Waals surface area (Å²) in [7, 11) is 0. The second-order valence-electron chi connectivity index (χ2n) is 2.77. The number of rotatable bonds is 6.